The van der Waals surface area contributed by atoms with Crippen LogP contribution in [0, 0.1) is 6.92 Å². The quantitative estimate of drug-likeness (QED) is 0.807. The van der Waals surface area contributed by atoms with Crippen molar-refractivity contribution < 1.29 is 9.59 Å². The van der Waals surface area contributed by atoms with Gasteiger partial charge in [0.15, 0.2) is 0 Å². The number of nitrogens with one attached hydrogen (secondary N) is 1. The average molecular weight is 239 g/mol. The zero-order chi connectivity index (χ0) is 11.7. The molecule has 1 aliphatic heterocycles. The van der Waals surface area contributed by atoms with Gasteiger partial charge in [0.25, 0.3) is 0 Å². The molecule has 1 unspecified atom stereocenters. The van der Waals surface area contributed by atoms with Crippen LogP contribution in [0.15, 0.2) is 5.51 Å². The van der Waals surface area contributed by atoms with Crippen molar-refractivity contribution >= 4 is 23.2 Å². The molecule has 1 atom stereocenters. The third-order valence-electron chi connectivity index (χ3n) is 2.74. The van der Waals surface area contributed by atoms with Gasteiger partial charge >= 0.3 is 0 Å². The minimum atomic E-state index is -0.400. The van der Waals surface area contributed by atoms with Crippen LogP contribution in [-0.2, 0) is 16.1 Å². The molecule has 5 nitrogen and oxygen atoms in total. The first-order valence-corrected chi connectivity index (χ1v) is 5.93. The lowest BCUT2D eigenvalue weighted by molar-refractivity contribution is -0.145. The summed E-state index contributed by atoms with van der Waals surface area (Å²) in [6, 6.07) is -0.400. The van der Waals surface area contributed by atoms with Gasteiger partial charge in [-0.05, 0) is 13.8 Å². The highest BCUT2D eigenvalue weighted by Gasteiger charge is 2.31. The van der Waals surface area contributed by atoms with Gasteiger partial charge in [-0.25, -0.2) is 4.98 Å². The Bertz CT molecular complexity index is 429. The summed E-state index contributed by atoms with van der Waals surface area (Å²) in [6.45, 7) is 4.22. The number of hydrogen-bond acceptors (Lipinski definition) is 4. The summed E-state index contributed by atoms with van der Waals surface area (Å²) in [7, 11) is 0. The molecule has 16 heavy (non-hydrogen) atoms. The van der Waals surface area contributed by atoms with Crippen molar-refractivity contribution in [1.29, 1.82) is 0 Å². The lowest BCUT2D eigenvalue weighted by Gasteiger charge is -2.32. The number of amides is 2. The fourth-order valence-electron chi connectivity index (χ4n) is 1.63. The van der Waals surface area contributed by atoms with Gasteiger partial charge in [0.05, 0.1) is 24.3 Å². The topological polar surface area (TPSA) is 62.3 Å². The van der Waals surface area contributed by atoms with Crippen LogP contribution in [0.3, 0.4) is 0 Å². The highest BCUT2D eigenvalue weighted by atomic mass is 32.1. The van der Waals surface area contributed by atoms with E-state index >= 15 is 0 Å². The molecule has 0 aliphatic carbocycles. The molecule has 0 radical (unpaired) electrons. The maximum Gasteiger partial charge on any atom is 0.242 e. The molecule has 0 spiro atoms. The Morgan fingerprint density at radius 1 is 1.62 bits per heavy atom. The van der Waals surface area contributed by atoms with Crippen molar-refractivity contribution in [2.45, 2.75) is 26.4 Å². The minimum absolute atomic E-state index is 0.0418. The molecular weight excluding hydrogens is 226 g/mol. The Labute approximate surface area is 97.5 Å². The number of aryl methyl sites for hydroxylation is 1. The van der Waals surface area contributed by atoms with Crippen molar-refractivity contribution in [3.63, 3.8) is 0 Å². The zero-order valence-corrected chi connectivity index (χ0v) is 10.0. The van der Waals surface area contributed by atoms with Gasteiger partial charge in [0.2, 0.25) is 11.8 Å². The van der Waals surface area contributed by atoms with Crippen molar-refractivity contribution in [3.05, 3.63) is 16.1 Å². The monoisotopic (exact) mass is 239 g/mol. The van der Waals surface area contributed by atoms with Crippen LogP contribution in [0.25, 0.3) is 0 Å². The van der Waals surface area contributed by atoms with E-state index < -0.39 is 6.04 Å². The van der Waals surface area contributed by atoms with Crippen molar-refractivity contribution in [3.8, 4) is 0 Å². The standard InChI is InChI=1S/C10H13N3O2S/c1-6-8(16-5-12-6)4-13-7(2)10(15)11-3-9(13)14/h5,7H,3-4H2,1-2H3,(H,11,15). The number of hydrogen-bond donors (Lipinski definition) is 1. The maximum atomic E-state index is 11.7. The van der Waals surface area contributed by atoms with E-state index in [0.29, 0.717) is 6.54 Å². The Hall–Kier alpha value is -1.43. The molecule has 1 aromatic heterocycles. The van der Waals surface area contributed by atoms with E-state index in [1.807, 2.05) is 6.92 Å². The number of thiazole rings is 1. The van der Waals surface area contributed by atoms with E-state index in [-0.39, 0.29) is 18.4 Å². The fourth-order valence-corrected chi connectivity index (χ4v) is 2.40. The largest absolute Gasteiger partial charge is 0.345 e. The Morgan fingerprint density at radius 3 is 3.00 bits per heavy atom. The molecule has 0 bridgehead atoms. The number of rotatable bonds is 2. The second-order valence-electron chi connectivity index (χ2n) is 3.78. The highest BCUT2D eigenvalue weighted by Crippen LogP contribution is 2.17. The Morgan fingerprint density at radius 2 is 2.38 bits per heavy atom. The first kappa shape index (κ1) is 11.1. The molecule has 0 aromatic carbocycles. The molecule has 86 valence electrons. The first-order chi connectivity index (χ1) is 7.59. The summed E-state index contributed by atoms with van der Waals surface area (Å²) < 4.78 is 0. The number of aromatic nitrogens is 1. The van der Waals surface area contributed by atoms with Crippen LogP contribution in [-0.4, -0.2) is 34.3 Å². The zero-order valence-electron chi connectivity index (χ0n) is 9.19. The fraction of sp³-hybridized carbons (Fsp3) is 0.500. The Balaban J connectivity index is 2.16. The average Bonchev–Trinajstić information content (AvgIpc) is 2.65. The number of piperazine rings is 1. The Kier molecular flexibility index (Phi) is 2.91. The molecule has 2 heterocycles. The van der Waals surface area contributed by atoms with Crippen LogP contribution in [0.5, 0.6) is 0 Å². The SMILES string of the molecule is Cc1ncsc1CN1C(=O)CNC(=O)C1C. The van der Waals surface area contributed by atoms with Crippen LogP contribution >= 0.6 is 11.3 Å². The van der Waals surface area contributed by atoms with Crippen LogP contribution in [0.1, 0.15) is 17.5 Å². The lowest BCUT2D eigenvalue weighted by atomic mass is 10.2. The lowest BCUT2D eigenvalue weighted by Crippen LogP contribution is -2.56. The maximum absolute atomic E-state index is 11.7. The molecular formula is C10H13N3O2S. The van der Waals surface area contributed by atoms with Crippen LogP contribution in [0.2, 0.25) is 0 Å². The van der Waals surface area contributed by atoms with Crippen molar-refractivity contribution in [2.75, 3.05) is 6.54 Å². The van der Waals surface area contributed by atoms with Crippen molar-refractivity contribution in [1.82, 2.24) is 15.2 Å². The molecule has 6 heteroatoms. The molecule has 2 amide bonds. The van der Waals surface area contributed by atoms with Gasteiger partial charge in [0, 0.05) is 4.88 Å². The smallest absolute Gasteiger partial charge is 0.242 e. The number of carbonyl (C=O) groups is 2. The molecule has 1 fully saturated rings. The van der Waals surface area contributed by atoms with Crippen LogP contribution < -0.4 is 5.32 Å². The van der Waals surface area contributed by atoms with Gasteiger partial charge < -0.3 is 10.2 Å². The summed E-state index contributed by atoms with van der Waals surface area (Å²) in [4.78, 5) is 29.9. The molecule has 1 aliphatic rings. The normalized spacial score (nSPS) is 21.1. The predicted octanol–water partition coefficient (Wildman–Crippen LogP) is 0.298. The molecule has 1 saturated heterocycles. The van der Waals surface area contributed by atoms with Gasteiger partial charge in [-0.15, -0.1) is 11.3 Å². The predicted molar refractivity (Wildman–Crippen MR) is 59.9 cm³/mol. The summed E-state index contributed by atoms with van der Waals surface area (Å²) in [6.07, 6.45) is 0. The highest BCUT2D eigenvalue weighted by molar-refractivity contribution is 7.09. The second kappa shape index (κ2) is 4.21. The van der Waals surface area contributed by atoms with Gasteiger partial charge in [-0.3, -0.25) is 9.59 Å². The van der Waals surface area contributed by atoms with Gasteiger partial charge in [0.1, 0.15) is 6.04 Å². The summed E-state index contributed by atoms with van der Waals surface area (Å²) in [5.74, 6) is -0.137. The third kappa shape index (κ3) is 1.92. The van der Waals surface area contributed by atoms with Crippen LogP contribution in [0.4, 0.5) is 0 Å². The number of nitrogens with zero attached hydrogens (tertiary/aromatic N) is 2. The summed E-state index contributed by atoms with van der Waals surface area (Å²) in [5, 5.41) is 2.56. The van der Waals surface area contributed by atoms with Crippen molar-refractivity contribution in [2.24, 2.45) is 0 Å². The third-order valence-corrected chi connectivity index (χ3v) is 3.66. The van der Waals surface area contributed by atoms with E-state index in [1.165, 1.54) is 11.3 Å². The van der Waals surface area contributed by atoms with E-state index in [1.54, 1.807) is 17.3 Å². The second-order valence-corrected chi connectivity index (χ2v) is 4.72. The summed E-state index contributed by atoms with van der Waals surface area (Å²) >= 11 is 1.51. The summed E-state index contributed by atoms with van der Waals surface area (Å²) in [5.41, 5.74) is 2.68. The molecule has 2 rings (SSSR count). The molecule has 1 aromatic rings. The van der Waals surface area contributed by atoms with E-state index in [9.17, 15) is 9.59 Å². The first-order valence-electron chi connectivity index (χ1n) is 5.05. The molecule has 1 N–H and O–H groups in total. The van der Waals surface area contributed by atoms with Gasteiger partial charge in [-0.2, -0.15) is 0 Å². The molecule has 0 saturated carbocycles. The van der Waals surface area contributed by atoms with E-state index in [2.05, 4.69) is 10.3 Å². The number of carbonyl (C=O) groups excluding carboxylic acids is 2. The van der Waals surface area contributed by atoms with E-state index in [4.69, 9.17) is 0 Å². The van der Waals surface area contributed by atoms with E-state index in [0.717, 1.165) is 10.6 Å². The minimum Gasteiger partial charge on any atom is -0.345 e. The van der Waals surface area contributed by atoms with Gasteiger partial charge in [-0.1, -0.05) is 0 Å².